The molecule has 0 radical (unpaired) electrons. The minimum atomic E-state index is 0.286. The van der Waals surface area contributed by atoms with E-state index in [9.17, 15) is 0 Å². The Hall–Kier alpha value is -2.50. The van der Waals surface area contributed by atoms with Crippen molar-refractivity contribution in [3.05, 3.63) is 31.0 Å². The first kappa shape index (κ1) is 8.78. The molecule has 0 saturated carbocycles. The average molecular weight is 213 g/mol. The van der Waals surface area contributed by atoms with E-state index < -0.39 is 0 Å². The number of anilines is 1. The van der Waals surface area contributed by atoms with E-state index in [1.807, 2.05) is 6.07 Å². The molecule has 3 heterocycles. The number of hydrogen-bond donors (Lipinski definition) is 1. The molecule has 2 N–H and O–H groups in total. The fourth-order valence-corrected chi connectivity index (χ4v) is 1.53. The molecular formula is C10H7N5O. The minimum Gasteiger partial charge on any atom is -0.379 e. The van der Waals surface area contributed by atoms with Crippen LogP contribution in [0.3, 0.4) is 0 Å². The summed E-state index contributed by atoms with van der Waals surface area (Å²) in [6.07, 6.45) is 6.51. The van der Waals surface area contributed by atoms with Crippen molar-refractivity contribution in [3.8, 4) is 11.1 Å². The lowest BCUT2D eigenvalue weighted by Crippen LogP contribution is -1.87. The van der Waals surface area contributed by atoms with E-state index in [2.05, 4.69) is 20.1 Å². The maximum absolute atomic E-state index is 5.62. The van der Waals surface area contributed by atoms with Crippen LogP contribution in [0.1, 0.15) is 0 Å². The van der Waals surface area contributed by atoms with Gasteiger partial charge in [0.1, 0.15) is 6.33 Å². The molecule has 3 rings (SSSR count). The van der Waals surface area contributed by atoms with Gasteiger partial charge in [0, 0.05) is 29.7 Å². The zero-order valence-electron chi connectivity index (χ0n) is 8.16. The van der Waals surface area contributed by atoms with Crippen LogP contribution in [0.5, 0.6) is 0 Å². The van der Waals surface area contributed by atoms with Crippen molar-refractivity contribution in [2.75, 3.05) is 5.73 Å². The number of fused-ring (bicyclic) bond motifs is 1. The highest BCUT2D eigenvalue weighted by atomic mass is 16.5. The van der Waals surface area contributed by atoms with Gasteiger partial charge in [0.15, 0.2) is 16.9 Å². The third-order valence-corrected chi connectivity index (χ3v) is 2.25. The summed E-state index contributed by atoms with van der Waals surface area (Å²) in [6.45, 7) is 0. The van der Waals surface area contributed by atoms with Crippen LogP contribution in [0.2, 0.25) is 0 Å². The first-order chi connectivity index (χ1) is 7.86. The van der Waals surface area contributed by atoms with Gasteiger partial charge >= 0.3 is 0 Å². The fraction of sp³-hybridized carbons (Fsp3) is 0. The Morgan fingerprint density at radius 2 is 2.00 bits per heavy atom. The first-order valence-corrected chi connectivity index (χ1v) is 4.61. The molecule has 0 saturated heterocycles. The van der Waals surface area contributed by atoms with Gasteiger partial charge in [0.05, 0.1) is 0 Å². The highest BCUT2D eigenvalue weighted by molar-refractivity contribution is 5.94. The summed E-state index contributed by atoms with van der Waals surface area (Å²) in [7, 11) is 0. The predicted octanol–water partition coefficient (Wildman–Crippen LogP) is 1.26. The van der Waals surface area contributed by atoms with Gasteiger partial charge in [-0.1, -0.05) is 5.16 Å². The maximum atomic E-state index is 5.62. The normalized spacial score (nSPS) is 10.8. The monoisotopic (exact) mass is 213 g/mol. The molecule has 0 unspecified atom stereocenters. The third kappa shape index (κ3) is 1.20. The number of pyridine rings is 1. The molecule has 3 aromatic heterocycles. The number of nitrogens with zero attached hydrogens (tertiary/aromatic N) is 4. The van der Waals surface area contributed by atoms with E-state index in [0.717, 1.165) is 11.1 Å². The SMILES string of the molecule is Nc1noc2c(-c3cncnc3)ccnc12. The lowest BCUT2D eigenvalue weighted by Gasteiger charge is -1.98. The zero-order chi connectivity index (χ0) is 11.0. The Morgan fingerprint density at radius 3 is 2.81 bits per heavy atom. The molecule has 0 aliphatic heterocycles. The molecule has 3 aromatic rings. The molecule has 0 aromatic carbocycles. The predicted molar refractivity (Wildman–Crippen MR) is 57.2 cm³/mol. The molecule has 6 nitrogen and oxygen atoms in total. The van der Waals surface area contributed by atoms with Gasteiger partial charge in [0.2, 0.25) is 0 Å². The summed E-state index contributed by atoms with van der Waals surface area (Å²) in [5, 5.41) is 3.68. The summed E-state index contributed by atoms with van der Waals surface area (Å²) in [6, 6.07) is 1.81. The summed E-state index contributed by atoms with van der Waals surface area (Å²) in [5.74, 6) is 0.286. The van der Waals surface area contributed by atoms with Gasteiger partial charge < -0.3 is 10.3 Å². The van der Waals surface area contributed by atoms with Gasteiger partial charge in [-0.25, -0.2) is 15.0 Å². The molecule has 6 heteroatoms. The van der Waals surface area contributed by atoms with E-state index >= 15 is 0 Å². The van der Waals surface area contributed by atoms with Gasteiger partial charge in [0.25, 0.3) is 0 Å². The molecule has 0 spiro atoms. The van der Waals surface area contributed by atoms with Crippen molar-refractivity contribution in [3.63, 3.8) is 0 Å². The number of nitrogen functional groups attached to an aromatic ring is 1. The lowest BCUT2D eigenvalue weighted by atomic mass is 10.1. The average Bonchev–Trinajstić information content (AvgIpc) is 2.73. The first-order valence-electron chi connectivity index (χ1n) is 4.61. The topological polar surface area (TPSA) is 90.7 Å². The van der Waals surface area contributed by atoms with Gasteiger partial charge in [-0.3, -0.25) is 0 Å². The Kier molecular flexibility index (Phi) is 1.79. The molecule has 0 bridgehead atoms. The second kappa shape index (κ2) is 3.27. The van der Waals surface area contributed by atoms with E-state index in [4.69, 9.17) is 10.3 Å². The molecular weight excluding hydrogens is 206 g/mol. The minimum absolute atomic E-state index is 0.286. The Labute approximate surface area is 90.1 Å². The van der Waals surface area contributed by atoms with Crippen LogP contribution < -0.4 is 5.73 Å². The number of aromatic nitrogens is 4. The molecule has 0 aliphatic carbocycles. The largest absolute Gasteiger partial charge is 0.379 e. The van der Waals surface area contributed by atoms with Crippen molar-refractivity contribution >= 4 is 16.9 Å². The van der Waals surface area contributed by atoms with Crippen LogP contribution in [0.4, 0.5) is 5.82 Å². The second-order valence-electron chi connectivity index (χ2n) is 3.23. The van der Waals surface area contributed by atoms with Gasteiger partial charge in [-0.05, 0) is 6.07 Å². The van der Waals surface area contributed by atoms with Crippen molar-refractivity contribution < 1.29 is 4.52 Å². The summed E-state index contributed by atoms with van der Waals surface area (Å²) in [5.41, 5.74) is 8.40. The summed E-state index contributed by atoms with van der Waals surface area (Å²) in [4.78, 5) is 12.0. The van der Waals surface area contributed by atoms with Crippen LogP contribution in [0.15, 0.2) is 35.5 Å². The quantitative estimate of drug-likeness (QED) is 0.654. The Morgan fingerprint density at radius 1 is 1.19 bits per heavy atom. The summed E-state index contributed by atoms with van der Waals surface area (Å²) >= 11 is 0. The second-order valence-corrected chi connectivity index (χ2v) is 3.23. The highest BCUT2D eigenvalue weighted by Crippen LogP contribution is 2.28. The number of hydrogen-bond acceptors (Lipinski definition) is 6. The Bertz CT molecular complexity index is 634. The fourth-order valence-electron chi connectivity index (χ4n) is 1.53. The van der Waals surface area contributed by atoms with E-state index in [1.165, 1.54) is 6.33 Å². The number of nitrogens with two attached hydrogens (primary N) is 1. The lowest BCUT2D eigenvalue weighted by molar-refractivity contribution is 0.461. The van der Waals surface area contributed by atoms with Gasteiger partial charge in [-0.2, -0.15) is 0 Å². The van der Waals surface area contributed by atoms with Crippen LogP contribution in [-0.2, 0) is 0 Å². The standard InChI is InChI=1S/C10H7N5O/c11-10-8-9(16-15-10)7(1-2-14-8)6-3-12-5-13-4-6/h1-5H,(H2,11,15). The molecule has 0 aliphatic rings. The van der Waals surface area contributed by atoms with Crippen molar-refractivity contribution in [2.45, 2.75) is 0 Å². The summed E-state index contributed by atoms with van der Waals surface area (Å²) < 4.78 is 5.14. The van der Waals surface area contributed by atoms with Crippen LogP contribution >= 0.6 is 0 Å². The molecule has 0 fully saturated rings. The van der Waals surface area contributed by atoms with Crippen LogP contribution in [0.25, 0.3) is 22.2 Å². The van der Waals surface area contributed by atoms with Crippen molar-refractivity contribution in [1.29, 1.82) is 0 Å². The third-order valence-electron chi connectivity index (χ3n) is 2.25. The molecule has 16 heavy (non-hydrogen) atoms. The molecule has 0 atom stereocenters. The van der Waals surface area contributed by atoms with Crippen LogP contribution in [-0.4, -0.2) is 20.1 Å². The highest BCUT2D eigenvalue weighted by Gasteiger charge is 2.12. The zero-order valence-corrected chi connectivity index (χ0v) is 8.16. The van der Waals surface area contributed by atoms with E-state index in [1.54, 1.807) is 18.6 Å². The maximum Gasteiger partial charge on any atom is 0.195 e. The smallest absolute Gasteiger partial charge is 0.195 e. The van der Waals surface area contributed by atoms with E-state index in [-0.39, 0.29) is 5.82 Å². The van der Waals surface area contributed by atoms with Crippen molar-refractivity contribution in [1.82, 2.24) is 20.1 Å². The van der Waals surface area contributed by atoms with Gasteiger partial charge in [-0.15, -0.1) is 0 Å². The molecule has 78 valence electrons. The number of rotatable bonds is 1. The van der Waals surface area contributed by atoms with Crippen LogP contribution in [0, 0.1) is 0 Å². The van der Waals surface area contributed by atoms with E-state index in [0.29, 0.717) is 11.1 Å². The Balaban J connectivity index is 2.32. The van der Waals surface area contributed by atoms with Crippen molar-refractivity contribution in [2.24, 2.45) is 0 Å². The molecule has 0 amide bonds.